The summed E-state index contributed by atoms with van der Waals surface area (Å²) in [7, 11) is 1.55. The zero-order chi connectivity index (χ0) is 28.4. The summed E-state index contributed by atoms with van der Waals surface area (Å²) in [4.78, 5) is 35.8. The fourth-order valence-corrected chi connectivity index (χ4v) is 6.30. The number of nitrogens with zero attached hydrogens (tertiary/aromatic N) is 3. The maximum Gasteiger partial charge on any atom is 0.248 e. The number of carbonyl (C=O) groups excluding carboxylic acids is 2. The number of nitrogens with one attached hydrogen (secondary N) is 1. The Morgan fingerprint density at radius 3 is 2.67 bits per heavy atom. The molecule has 1 fully saturated rings. The second-order valence-corrected chi connectivity index (χ2v) is 11.9. The van der Waals surface area contributed by atoms with Gasteiger partial charge in [0.05, 0.1) is 16.9 Å². The van der Waals surface area contributed by atoms with Crippen LogP contribution in [-0.4, -0.2) is 53.4 Å². The predicted octanol–water partition coefficient (Wildman–Crippen LogP) is 5.72. The molecule has 1 aliphatic heterocycles. The van der Waals surface area contributed by atoms with Crippen molar-refractivity contribution >= 4 is 34.9 Å². The largest absolute Gasteiger partial charge is 0.375 e. The number of ketones is 1. The molecule has 1 aliphatic carbocycles. The highest BCUT2D eigenvalue weighted by Gasteiger charge is 2.39. The zero-order valence-corrected chi connectivity index (χ0v) is 24.5. The average Bonchev–Trinajstić information content (AvgIpc) is 3.18. The topological polar surface area (TPSA) is 84.4 Å². The molecule has 2 heterocycles. The molecule has 3 aromatic rings. The van der Waals surface area contributed by atoms with Crippen LogP contribution < -0.4 is 5.32 Å². The molecule has 5 rings (SSSR count). The van der Waals surface area contributed by atoms with Gasteiger partial charge in [0.1, 0.15) is 12.4 Å². The highest BCUT2D eigenvalue weighted by atomic mass is 35.5. The quantitative estimate of drug-likeness (QED) is 0.379. The van der Waals surface area contributed by atoms with E-state index in [0.29, 0.717) is 29.7 Å². The number of rotatable bonds is 8. The van der Waals surface area contributed by atoms with Gasteiger partial charge in [-0.3, -0.25) is 9.59 Å². The molecule has 40 heavy (non-hydrogen) atoms. The number of benzene rings is 2. The summed E-state index contributed by atoms with van der Waals surface area (Å²) in [5.41, 5.74) is 7.14. The van der Waals surface area contributed by atoms with Gasteiger partial charge in [-0.25, -0.2) is 9.97 Å². The van der Waals surface area contributed by atoms with Crippen LogP contribution in [0.1, 0.15) is 66.1 Å². The summed E-state index contributed by atoms with van der Waals surface area (Å²) in [5.74, 6) is 1.27. The minimum Gasteiger partial charge on any atom is -0.375 e. The van der Waals surface area contributed by atoms with Crippen LogP contribution in [0.3, 0.4) is 0 Å². The van der Waals surface area contributed by atoms with Gasteiger partial charge in [0, 0.05) is 37.7 Å². The number of ether oxygens (including phenoxy) is 1. The summed E-state index contributed by atoms with van der Waals surface area (Å²) in [5, 5.41) is 3.91. The van der Waals surface area contributed by atoms with Gasteiger partial charge in [0.2, 0.25) is 11.9 Å². The van der Waals surface area contributed by atoms with Crippen molar-refractivity contribution in [2.24, 2.45) is 0 Å². The van der Waals surface area contributed by atoms with E-state index in [9.17, 15) is 9.59 Å². The van der Waals surface area contributed by atoms with Gasteiger partial charge in [-0.05, 0) is 86.3 Å². The summed E-state index contributed by atoms with van der Waals surface area (Å²) in [6.45, 7) is 7.78. The molecule has 7 nitrogen and oxygen atoms in total. The Balaban J connectivity index is 1.25. The third kappa shape index (κ3) is 5.77. The van der Waals surface area contributed by atoms with Crippen molar-refractivity contribution in [3.05, 3.63) is 81.1 Å². The van der Waals surface area contributed by atoms with E-state index in [2.05, 4.69) is 47.6 Å². The van der Waals surface area contributed by atoms with Crippen LogP contribution >= 0.6 is 11.6 Å². The van der Waals surface area contributed by atoms with Crippen molar-refractivity contribution in [3.8, 4) is 0 Å². The predicted molar refractivity (Wildman–Crippen MR) is 158 cm³/mol. The van der Waals surface area contributed by atoms with Gasteiger partial charge in [-0.2, -0.15) is 0 Å². The van der Waals surface area contributed by atoms with E-state index in [4.69, 9.17) is 21.3 Å². The van der Waals surface area contributed by atoms with Crippen molar-refractivity contribution in [3.63, 3.8) is 0 Å². The Bertz CT molecular complexity index is 1430. The molecule has 2 aliphatic rings. The number of methoxy groups -OCH3 is 1. The van der Waals surface area contributed by atoms with E-state index in [1.54, 1.807) is 13.3 Å². The third-order valence-electron chi connectivity index (χ3n) is 8.44. The van der Waals surface area contributed by atoms with Crippen LogP contribution in [0.15, 0.2) is 42.6 Å². The van der Waals surface area contributed by atoms with E-state index >= 15 is 0 Å². The molecule has 0 atom stereocenters. The first kappa shape index (κ1) is 28.2. The van der Waals surface area contributed by atoms with Gasteiger partial charge >= 0.3 is 0 Å². The third-order valence-corrected chi connectivity index (χ3v) is 8.76. The van der Waals surface area contributed by atoms with Crippen LogP contribution in [-0.2, 0) is 39.0 Å². The van der Waals surface area contributed by atoms with Crippen LogP contribution in [0.2, 0.25) is 5.02 Å². The standard InChI is InChI=1S/C32H37ClN4O3/c1-20-16-23(21-12-14-37(15-13-21)29(39)19-40-4)9-10-26(20)35-31-34-18-25(33)27(36-31)11-8-22-6-5-7-24-17-28(38)32(2,3)30(22)24/h5-7,9-10,16,18,21H,8,11-15,17,19H2,1-4H3,(H,34,35,36). The van der Waals surface area contributed by atoms with Crippen LogP contribution in [0.25, 0.3) is 0 Å². The van der Waals surface area contributed by atoms with Crippen LogP contribution in [0.4, 0.5) is 11.6 Å². The van der Waals surface area contributed by atoms with Gasteiger partial charge in [0.25, 0.3) is 0 Å². The zero-order valence-electron chi connectivity index (χ0n) is 23.7. The minimum absolute atomic E-state index is 0.0608. The molecule has 210 valence electrons. The van der Waals surface area contributed by atoms with Crippen molar-refractivity contribution < 1.29 is 14.3 Å². The molecule has 1 aromatic heterocycles. The Hall–Kier alpha value is -3.29. The van der Waals surface area contributed by atoms with Gasteiger partial charge < -0.3 is 15.0 Å². The van der Waals surface area contributed by atoms with E-state index < -0.39 is 5.41 Å². The lowest BCUT2D eigenvalue weighted by atomic mass is 9.82. The number of halogens is 1. The number of amides is 1. The number of fused-ring (bicyclic) bond motifs is 1. The Morgan fingerprint density at radius 2 is 1.95 bits per heavy atom. The number of hydrogen-bond donors (Lipinski definition) is 1. The van der Waals surface area contributed by atoms with E-state index in [0.717, 1.165) is 60.4 Å². The van der Waals surface area contributed by atoms with E-state index in [1.165, 1.54) is 11.1 Å². The number of piperidine rings is 1. The van der Waals surface area contributed by atoms with Crippen molar-refractivity contribution in [2.75, 3.05) is 32.1 Å². The number of aromatic nitrogens is 2. The van der Waals surface area contributed by atoms with Crippen molar-refractivity contribution in [2.45, 2.75) is 64.2 Å². The molecule has 2 aromatic carbocycles. The smallest absolute Gasteiger partial charge is 0.248 e. The molecule has 0 bridgehead atoms. The number of likely N-dealkylation sites (tertiary alicyclic amines) is 1. The number of anilines is 2. The first-order valence-electron chi connectivity index (χ1n) is 14.0. The normalized spacial score (nSPS) is 16.7. The molecule has 8 heteroatoms. The SMILES string of the molecule is COCC(=O)N1CCC(c2ccc(Nc3ncc(Cl)c(CCc4cccc5c4C(C)(C)C(=O)C5)n3)c(C)c2)CC1. The molecular formula is C32H37ClN4O3. The molecule has 0 unspecified atom stereocenters. The van der Waals surface area contributed by atoms with Crippen LogP contribution in [0, 0.1) is 6.92 Å². The van der Waals surface area contributed by atoms with Crippen molar-refractivity contribution in [1.29, 1.82) is 0 Å². The summed E-state index contributed by atoms with van der Waals surface area (Å²) >= 11 is 6.51. The molecular weight excluding hydrogens is 524 g/mol. The number of Topliss-reactive ketones (excluding diaryl/α,β-unsaturated/α-hetero) is 1. The maximum absolute atomic E-state index is 12.6. The van der Waals surface area contributed by atoms with Gasteiger partial charge in [-0.15, -0.1) is 0 Å². The summed E-state index contributed by atoms with van der Waals surface area (Å²) in [6, 6.07) is 12.7. The lowest BCUT2D eigenvalue weighted by Crippen LogP contribution is -2.39. The Morgan fingerprint density at radius 1 is 1.18 bits per heavy atom. The second-order valence-electron chi connectivity index (χ2n) is 11.5. The fraction of sp³-hybridized carbons (Fsp3) is 0.438. The Labute approximate surface area is 241 Å². The molecule has 0 spiro atoms. The van der Waals surface area contributed by atoms with Crippen LogP contribution in [0.5, 0.6) is 0 Å². The highest BCUT2D eigenvalue weighted by molar-refractivity contribution is 6.31. The monoisotopic (exact) mass is 560 g/mol. The lowest BCUT2D eigenvalue weighted by Gasteiger charge is -2.32. The summed E-state index contributed by atoms with van der Waals surface area (Å²) in [6.07, 6.45) is 5.45. The van der Waals surface area contributed by atoms with E-state index in [1.807, 2.05) is 24.8 Å². The molecule has 0 saturated carbocycles. The van der Waals surface area contributed by atoms with E-state index in [-0.39, 0.29) is 18.3 Å². The first-order valence-corrected chi connectivity index (χ1v) is 14.4. The first-order chi connectivity index (χ1) is 19.2. The molecule has 1 amide bonds. The van der Waals surface area contributed by atoms with Crippen molar-refractivity contribution in [1.82, 2.24) is 14.9 Å². The second kappa shape index (κ2) is 11.7. The number of aryl methyl sites for hydroxylation is 3. The minimum atomic E-state index is -0.462. The molecule has 1 N–H and O–H groups in total. The number of hydrogen-bond acceptors (Lipinski definition) is 6. The highest BCUT2D eigenvalue weighted by Crippen LogP contribution is 2.38. The molecule has 0 radical (unpaired) electrons. The van der Waals surface area contributed by atoms with Gasteiger partial charge in [-0.1, -0.05) is 41.9 Å². The fourth-order valence-electron chi connectivity index (χ4n) is 6.11. The van der Waals surface area contributed by atoms with Gasteiger partial charge in [0.15, 0.2) is 0 Å². The lowest BCUT2D eigenvalue weighted by molar-refractivity contribution is -0.136. The molecule has 1 saturated heterocycles. The Kier molecular flexibility index (Phi) is 8.24. The number of carbonyl (C=O) groups is 2. The summed E-state index contributed by atoms with van der Waals surface area (Å²) < 4.78 is 4.99. The maximum atomic E-state index is 12.6. The average molecular weight is 561 g/mol.